The lowest BCUT2D eigenvalue weighted by atomic mass is 9.97. The van der Waals surface area contributed by atoms with E-state index in [2.05, 4.69) is 0 Å². The second-order valence-electron chi connectivity index (χ2n) is 3.53. The minimum Gasteiger partial charge on any atom is -0.378 e. The van der Waals surface area contributed by atoms with Crippen molar-refractivity contribution in [2.75, 3.05) is 0 Å². The smallest absolute Gasteiger partial charge is 0.143 e. The van der Waals surface area contributed by atoms with Gasteiger partial charge in [-0.05, 0) is 36.1 Å². The summed E-state index contributed by atoms with van der Waals surface area (Å²) in [4.78, 5) is 0. The Hall–Kier alpha value is -0.750. The Kier molecular flexibility index (Phi) is 4.41. The summed E-state index contributed by atoms with van der Waals surface area (Å²) < 4.78 is 0. The minimum atomic E-state index is -0.956. The van der Waals surface area contributed by atoms with E-state index >= 15 is 0 Å². The largest absolute Gasteiger partial charge is 0.378 e. The molecule has 0 aliphatic heterocycles. The number of aliphatic hydroxyl groups is 1. The third-order valence-electron chi connectivity index (χ3n) is 2.15. The Balaban J connectivity index is 2.77. The predicted octanol–water partition coefficient (Wildman–Crippen LogP) is 3.06. The maximum atomic E-state index is 9.30. The molecule has 0 spiro atoms. The van der Waals surface area contributed by atoms with Crippen molar-refractivity contribution in [2.45, 2.75) is 19.4 Å². The molecular weight excluding hydrogens is 233 g/mol. The monoisotopic (exact) mass is 243 g/mol. The first-order valence-electron chi connectivity index (χ1n) is 4.55. The average Bonchev–Trinajstić information content (AvgIpc) is 2.14. The van der Waals surface area contributed by atoms with Crippen LogP contribution < -0.4 is 0 Å². The highest BCUT2D eigenvalue weighted by Gasteiger charge is 2.14. The maximum absolute atomic E-state index is 9.30. The number of halogens is 2. The molecule has 0 fully saturated rings. The molecule has 0 saturated carbocycles. The molecule has 0 amide bonds. The molecule has 0 saturated heterocycles. The fraction of sp³-hybridized carbons (Fsp3) is 0.364. The van der Waals surface area contributed by atoms with Crippen molar-refractivity contribution in [3.63, 3.8) is 0 Å². The van der Waals surface area contributed by atoms with Crippen molar-refractivity contribution in [2.24, 2.45) is 5.92 Å². The molecule has 15 heavy (non-hydrogen) atoms. The van der Waals surface area contributed by atoms with Crippen LogP contribution in [0.5, 0.6) is 0 Å². The summed E-state index contributed by atoms with van der Waals surface area (Å²) >= 11 is 11.7. The van der Waals surface area contributed by atoms with E-state index in [0.29, 0.717) is 16.5 Å². The van der Waals surface area contributed by atoms with E-state index in [0.717, 1.165) is 5.56 Å². The van der Waals surface area contributed by atoms with Gasteiger partial charge in [0, 0.05) is 10.0 Å². The van der Waals surface area contributed by atoms with Gasteiger partial charge in [0.1, 0.15) is 6.10 Å². The molecule has 0 heterocycles. The molecule has 2 atom stereocenters. The molecule has 1 rings (SSSR count). The lowest BCUT2D eigenvalue weighted by Gasteiger charge is -2.12. The van der Waals surface area contributed by atoms with Crippen molar-refractivity contribution in [1.29, 1.82) is 5.26 Å². The minimum absolute atomic E-state index is 0.135. The van der Waals surface area contributed by atoms with Gasteiger partial charge in [-0.2, -0.15) is 5.26 Å². The summed E-state index contributed by atoms with van der Waals surface area (Å²) in [7, 11) is 0. The van der Waals surface area contributed by atoms with E-state index in [-0.39, 0.29) is 5.92 Å². The molecule has 1 aromatic rings. The van der Waals surface area contributed by atoms with Crippen LogP contribution in [-0.4, -0.2) is 11.2 Å². The molecular formula is C11H11Cl2NO. The lowest BCUT2D eigenvalue weighted by molar-refractivity contribution is 0.169. The first kappa shape index (κ1) is 12.3. The first-order valence-corrected chi connectivity index (χ1v) is 5.31. The summed E-state index contributed by atoms with van der Waals surface area (Å²) in [5.41, 5.74) is 0.925. The summed E-state index contributed by atoms with van der Waals surface area (Å²) in [6.45, 7) is 1.81. The molecule has 1 aromatic carbocycles. The third kappa shape index (κ3) is 3.71. The van der Waals surface area contributed by atoms with Crippen molar-refractivity contribution in [1.82, 2.24) is 0 Å². The van der Waals surface area contributed by atoms with E-state index in [1.165, 1.54) is 0 Å². The van der Waals surface area contributed by atoms with Gasteiger partial charge < -0.3 is 5.11 Å². The van der Waals surface area contributed by atoms with Crippen LogP contribution in [0.2, 0.25) is 10.0 Å². The van der Waals surface area contributed by atoms with E-state index < -0.39 is 6.10 Å². The number of aliphatic hydroxyl groups excluding tert-OH is 1. The van der Waals surface area contributed by atoms with Gasteiger partial charge in [0.25, 0.3) is 0 Å². The number of rotatable bonds is 3. The van der Waals surface area contributed by atoms with Gasteiger partial charge in [0.05, 0.1) is 6.07 Å². The Morgan fingerprint density at radius 3 is 2.33 bits per heavy atom. The normalized spacial score (nSPS) is 14.3. The molecule has 0 radical (unpaired) electrons. The molecule has 2 nitrogen and oxygen atoms in total. The van der Waals surface area contributed by atoms with Crippen LogP contribution >= 0.6 is 23.2 Å². The van der Waals surface area contributed by atoms with Gasteiger partial charge in [0.2, 0.25) is 0 Å². The SMILES string of the molecule is C[C@@H](Cc1cc(Cl)cc(Cl)c1)C(O)C#N. The Morgan fingerprint density at radius 1 is 1.33 bits per heavy atom. The topological polar surface area (TPSA) is 44.0 Å². The van der Waals surface area contributed by atoms with Gasteiger partial charge >= 0.3 is 0 Å². The second-order valence-corrected chi connectivity index (χ2v) is 4.41. The van der Waals surface area contributed by atoms with E-state index in [1.807, 2.05) is 6.92 Å². The molecule has 0 aliphatic carbocycles. The van der Waals surface area contributed by atoms with Gasteiger partial charge in [-0.3, -0.25) is 0 Å². The Bertz CT molecular complexity index is 366. The van der Waals surface area contributed by atoms with Gasteiger partial charge in [0.15, 0.2) is 0 Å². The first-order chi connectivity index (χ1) is 7.02. The van der Waals surface area contributed by atoms with Crippen LogP contribution in [-0.2, 0) is 6.42 Å². The highest BCUT2D eigenvalue weighted by atomic mass is 35.5. The number of nitrogens with zero attached hydrogens (tertiary/aromatic N) is 1. The van der Waals surface area contributed by atoms with Crippen molar-refractivity contribution < 1.29 is 5.11 Å². The number of hydrogen-bond acceptors (Lipinski definition) is 2. The third-order valence-corrected chi connectivity index (χ3v) is 2.59. The van der Waals surface area contributed by atoms with Gasteiger partial charge in [-0.15, -0.1) is 0 Å². The van der Waals surface area contributed by atoms with Crippen LogP contribution in [0.25, 0.3) is 0 Å². The van der Waals surface area contributed by atoms with Crippen LogP contribution in [0, 0.1) is 17.2 Å². The summed E-state index contributed by atoms with van der Waals surface area (Å²) in [6, 6.07) is 7.03. The molecule has 0 aromatic heterocycles. The standard InChI is InChI=1S/C11H11Cl2NO/c1-7(11(15)6-14)2-8-3-9(12)5-10(13)4-8/h3-5,7,11,15H,2H2,1H3/t7-,11?/m0/s1. The van der Waals surface area contributed by atoms with Crippen molar-refractivity contribution in [3.8, 4) is 6.07 Å². The van der Waals surface area contributed by atoms with E-state index in [4.69, 9.17) is 28.5 Å². The molecule has 4 heteroatoms. The molecule has 1 N–H and O–H groups in total. The van der Waals surface area contributed by atoms with Crippen LogP contribution in [0.4, 0.5) is 0 Å². The van der Waals surface area contributed by atoms with Crippen molar-refractivity contribution >= 4 is 23.2 Å². The average molecular weight is 244 g/mol. The lowest BCUT2D eigenvalue weighted by Crippen LogP contribution is -2.17. The highest BCUT2D eigenvalue weighted by molar-refractivity contribution is 6.34. The Morgan fingerprint density at radius 2 is 1.87 bits per heavy atom. The quantitative estimate of drug-likeness (QED) is 0.830. The molecule has 1 unspecified atom stereocenters. The number of benzene rings is 1. The zero-order valence-corrected chi connectivity index (χ0v) is 9.76. The summed E-state index contributed by atoms with van der Waals surface area (Å²) in [5.74, 6) is -0.135. The maximum Gasteiger partial charge on any atom is 0.143 e. The van der Waals surface area contributed by atoms with Crippen molar-refractivity contribution in [3.05, 3.63) is 33.8 Å². The zero-order chi connectivity index (χ0) is 11.4. The fourth-order valence-electron chi connectivity index (χ4n) is 1.34. The molecule has 0 bridgehead atoms. The molecule has 80 valence electrons. The van der Waals surface area contributed by atoms with E-state index in [9.17, 15) is 5.11 Å². The summed E-state index contributed by atoms with van der Waals surface area (Å²) in [6.07, 6.45) is -0.377. The van der Waals surface area contributed by atoms with Crippen LogP contribution in [0.15, 0.2) is 18.2 Å². The molecule has 0 aliphatic rings. The van der Waals surface area contributed by atoms with Crippen LogP contribution in [0.1, 0.15) is 12.5 Å². The number of nitriles is 1. The highest BCUT2D eigenvalue weighted by Crippen LogP contribution is 2.21. The fourth-order valence-corrected chi connectivity index (χ4v) is 1.91. The zero-order valence-electron chi connectivity index (χ0n) is 8.24. The predicted molar refractivity (Wildman–Crippen MR) is 60.9 cm³/mol. The summed E-state index contributed by atoms with van der Waals surface area (Å²) in [5, 5.41) is 19.0. The van der Waals surface area contributed by atoms with Gasteiger partial charge in [-0.1, -0.05) is 30.1 Å². The second kappa shape index (κ2) is 5.37. The van der Waals surface area contributed by atoms with Crippen LogP contribution in [0.3, 0.4) is 0 Å². The number of hydrogen-bond donors (Lipinski definition) is 1. The van der Waals surface area contributed by atoms with E-state index in [1.54, 1.807) is 24.3 Å². The Labute approximate surface area is 99.0 Å². The van der Waals surface area contributed by atoms with Gasteiger partial charge in [-0.25, -0.2) is 0 Å².